The summed E-state index contributed by atoms with van der Waals surface area (Å²) < 4.78 is 4.96. The number of ether oxygens (including phenoxy) is 1. The molecule has 1 amide bonds. The van der Waals surface area contributed by atoms with Gasteiger partial charge in [0.25, 0.3) is 5.91 Å². The van der Waals surface area contributed by atoms with E-state index in [-0.39, 0.29) is 5.57 Å². The predicted octanol–water partition coefficient (Wildman–Crippen LogP) is 5.33. The van der Waals surface area contributed by atoms with Crippen molar-refractivity contribution in [2.75, 3.05) is 12.4 Å². The number of nitrogens with one attached hydrogen (secondary N) is 1. The Bertz CT molecular complexity index is 1030. The van der Waals surface area contributed by atoms with Crippen molar-refractivity contribution >= 4 is 34.3 Å². The first-order valence-corrected chi connectivity index (χ1v) is 10.9. The smallest absolute Gasteiger partial charge is 0.341 e. The molecule has 0 saturated heterocycles. The van der Waals surface area contributed by atoms with Crippen molar-refractivity contribution in [2.24, 2.45) is 5.92 Å². The number of fused-ring (bicyclic) bond motifs is 1. The Balaban J connectivity index is 1.88. The van der Waals surface area contributed by atoms with Gasteiger partial charge < -0.3 is 10.1 Å². The Kier molecular flexibility index (Phi) is 6.73. The van der Waals surface area contributed by atoms with Crippen LogP contribution in [0.2, 0.25) is 0 Å². The molecule has 6 heteroatoms. The van der Waals surface area contributed by atoms with Crippen LogP contribution in [0.1, 0.15) is 65.0 Å². The molecular formula is C24H26N2O3S. The summed E-state index contributed by atoms with van der Waals surface area (Å²) in [5, 5.41) is 12.8. The van der Waals surface area contributed by atoms with Gasteiger partial charge >= 0.3 is 5.97 Å². The number of benzene rings is 1. The molecule has 30 heavy (non-hydrogen) atoms. The van der Waals surface area contributed by atoms with Crippen molar-refractivity contribution in [3.05, 3.63) is 57.0 Å². The van der Waals surface area contributed by atoms with Crippen LogP contribution in [-0.4, -0.2) is 19.0 Å². The first-order chi connectivity index (χ1) is 14.3. The molecule has 1 aromatic carbocycles. The zero-order valence-corrected chi connectivity index (χ0v) is 18.6. The van der Waals surface area contributed by atoms with Gasteiger partial charge in [0.1, 0.15) is 16.6 Å². The summed E-state index contributed by atoms with van der Waals surface area (Å²) >= 11 is 1.41. The quantitative estimate of drug-likeness (QED) is 0.401. The van der Waals surface area contributed by atoms with Crippen molar-refractivity contribution in [1.82, 2.24) is 0 Å². The number of nitrogens with zero attached hydrogens (tertiary/aromatic N) is 1. The van der Waals surface area contributed by atoms with E-state index in [9.17, 15) is 14.9 Å². The first kappa shape index (κ1) is 21.8. The Morgan fingerprint density at radius 3 is 2.60 bits per heavy atom. The van der Waals surface area contributed by atoms with E-state index in [0.717, 1.165) is 35.3 Å². The Morgan fingerprint density at radius 2 is 2.00 bits per heavy atom. The fourth-order valence-electron chi connectivity index (χ4n) is 3.62. The molecule has 0 fully saturated rings. The maximum atomic E-state index is 12.8. The van der Waals surface area contributed by atoms with Crippen molar-refractivity contribution < 1.29 is 14.3 Å². The van der Waals surface area contributed by atoms with Gasteiger partial charge in [-0.2, -0.15) is 5.26 Å². The summed E-state index contributed by atoms with van der Waals surface area (Å²) in [6.07, 6.45) is 4.23. The van der Waals surface area contributed by atoms with E-state index in [4.69, 9.17) is 4.74 Å². The number of thiophene rings is 1. The molecule has 1 aliphatic rings. The minimum Gasteiger partial charge on any atom is -0.465 e. The van der Waals surface area contributed by atoms with E-state index in [1.54, 1.807) is 6.08 Å². The third-order valence-electron chi connectivity index (χ3n) is 5.41. The Morgan fingerprint density at radius 1 is 1.30 bits per heavy atom. The second kappa shape index (κ2) is 9.27. The fourth-order valence-corrected chi connectivity index (χ4v) is 5.01. The third-order valence-corrected chi connectivity index (χ3v) is 6.58. The van der Waals surface area contributed by atoms with Gasteiger partial charge in [0.2, 0.25) is 0 Å². The molecule has 5 nitrogen and oxygen atoms in total. The number of anilines is 1. The van der Waals surface area contributed by atoms with Crippen molar-refractivity contribution in [3.8, 4) is 6.07 Å². The highest BCUT2D eigenvalue weighted by molar-refractivity contribution is 7.17. The molecule has 1 aromatic heterocycles. The summed E-state index contributed by atoms with van der Waals surface area (Å²) in [7, 11) is 1.34. The van der Waals surface area contributed by atoms with Crippen molar-refractivity contribution in [3.63, 3.8) is 0 Å². The van der Waals surface area contributed by atoms with E-state index in [2.05, 4.69) is 26.1 Å². The highest BCUT2D eigenvalue weighted by atomic mass is 32.1. The lowest BCUT2D eigenvalue weighted by molar-refractivity contribution is -0.112. The predicted molar refractivity (Wildman–Crippen MR) is 120 cm³/mol. The van der Waals surface area contributed by atoms with Crippen LogP contribution in [0.15, 0.2) is 29.8 Å². The van der Waals surface area contributed by atoms with Gasteiger partial charge in [-0.15, -0.1) is 11.3 Å². The van der Waals surface area contributed by atoms with Crippen LogP contribution < -0.4 is 5.32 Å². The highest BCUT2D eigenvalue weighted by Gasteiger charge is 2.29. The van der Waals surface area contributed by atoms with E-state index < -0.39 is 11.9 Å². The van der Waals surface area contributed by atoms with Crippen LogP contribution in [0, 0.1) is 17.2 Å². The summed E-state index contributed by atoms with van der Waals surface area (Å²) in [6, 6.07) is 9.75. The number of carbonyl (C=O) groups excluding carboxylic acids is 2. The fraction of sp³-hybridized carbons (Fsp3) is 0.375. The van der Waals surface area contributed by atoms with Gasteiger partial charge in [0, 0.05) is 4.88 Å². The number of nitriles is 1. The molecule has 0 radical (unpaired) electrons. The van der Waals surface area contributed by atoms with Gasteiger partial charge in [0.05, 0.1) is 12.7 Å². The first-order valence-electron chi connectivity index (χ1n) is 10.1. The number of esters is 1. The number of hydrogen-bond donors (Lipinski definition) is 1. The highest BCUT2D eigenvalue weighted by Crippen LogP contribution is 2.40. The largest absolute Gasteiger partial charge is 0.465 e. The van der Waals surface area contributed by atoms with Crippen LogP contribution in [0.4, 0.5) is 5.00 Å². The van der Waals surface area contributed by atoms with Crippen molar-refractivity contribution in [1.29, 1.82) is 5.26 Å². The molecular weight excluding hydrogens is 396 g/mol. The minimum atomic E-state index is -0.526. The zero-order valence-electron chi connectivity index (χ0n) is 17.7. The molecule has 156 valence electrons. The molecule has 0 saturated carbocycles. The second-order valence-corrected chi connectivity index (χ2v) is 9.10. The molecule has 0 bridgehead atoms. The lowest BCUT2D eigenvalue weighted by Gasteiger charge is -2.18. The van der Waals surface area contributed by atoms with Gasteiger partial charge in [-0.05, 0) is 53.9 Å². The topological polar surface area (TPSA) is 79.2 Å². The average molecular weight is 423 g/mol. The number of hydrogen-bond acceptors (Lipinski definition) is 5. The van der Waals surface area contributed by atoms with E-state index >= 15 is 0 Å². The lowest BCUT2D eigenvalue weighted by atomic mass is 9.88. The van der Waals surface area contributed by atoms with Crippen LogP contribution in [0.5, 0.6) is 0 Å². The second-order valence-electron chi connectivity index (χ2n) is 7.99. The summed E-state index contributed by atoms with van der Waals surface area (Å²) in [5.41, 5.74) is 3.35. The summed E-state index contributed by atoms with van der Waals surface area (Å²) in [6.45, 7) is 6.40. The monoisotopic (exact) mass is 422 g/mol. The molecule has 2 aromatic rings. The van der Waals surface area contributed by atoms with Crippen LogP contribution in [0.3, 0.4) is 0 Å². The van der Waals surface area contributed by atoms with E-state index in [0.29, 0.717) is 22.4 Å². The Labute approximate surface area is 181 Å². The average Bonchev–Trinajstić information content (AvgIpc) is 3.08. The van der Waals surface area contributed by atoms with Gasteiger partial charge in [-0.3, -0.25) is 4.79 Å². The molecule has 3 rings (SSSR count). The SMILES string of the molecule is COC(=O)c1c(NC(=O)/C(C#N)=C/c2ccc(C(C)C)cc2)sc2c1CC[C@@H](C)C2. The molecule has 1 N–H and O–H groups in total. The summed E-state index contributed by atoms with van der Waals surface area (Å²) in [4.78, 5) is 26.3. The molecule has 0 unspecified atom stereocenters. The minimum absolute atomic E-state index is 0.0112. The maximum Gasteiger partial charge on any atom is 0.341 e. The van der Waals surface area contributed by atoms with Gasteiger partial charge in [-0.25, -0.2) is 4.79 Å². The standard InChI is InChI=1S/C24H26N2O3S/c1-14(2)17-8-6-16(7-9-17)12-18(13-25)22(27)26-23-21(24(28)29-4)19-10-5-15(3)11-20(19)30-23/h6-9,12,14-15H,5,10-11H2,1-4H3,(H,26,27)/b18-12+/t15-/m1/s1. The molecule has 1 atom stereocenters. The van der Waals surface area contributed by atoms with E-state index in [1.165, 1.54) is 24.0 Å². The molecule has 0 aliphatic heterocycles. The van der Waals surface area contributed by atoms with Crippen LogP contribution in [0.25, 0.3) is 6.08 Å². The zero-order chi connectivity index (χ0) is 21.8. The molecule has 1 aliphatic carbocycles. The number of carbonyl (C=O) groups is 2. The third kappa shape index (κ3) is 4.63. The number of methoxy groups -OCH3 is 1. The lowest BCUT2D eigenvalue weighted by Crippen LogP contribution is -2.16. The molecule has 1 heterocycles. The number of amides is 1. The van der Waals surface area contributed by atoms with Gasteiger partial charge in [0.15, 0.2) is 0 Å². The Hall–Kier alpha value is -2.91. The van der Waals surface area contributed by atoms with E-state index in [1.807, 2.05) is 30.3 Å². The maximum absolute atomic E-state index is 12.8. The number of rotatable bonds is 5. The normalized spacial score (nSPS) is 16.0. The molecule has 0 spiro atoms. The van der Waals surface area contributed by atoms with Crippen LogP contribution >= 0.6 is 11.3 Å². The van der Waals surface area contributed by atoms with Crippen LogP contribution in [-0.2, 0) is 22.4 Å². The van der Waals surface area contributed by atoms with Gasteiger partial charge in [-0.1, -0.05) is 45.0 Å². The van der Waals surface area contributed by atoms with Crippen molar-refractivity contribution in [2.45, 2.75) is 46.0 Å². The summed E-state index contributed by atoms with van der Waals surface area (Å²) in [5.74, 6) is -0.0361.